The van der Waals surface area contributed by atoms with E-state index in [9.17, 15) is 14.8 Å². The second-order valence-electron chi connectivity index (χ2n) is 8.12. The Hall–Kier alpha value is -4.42. The minimum absolute atomic E-state index is 0.0137. The molecule has 0 spiro atoms. The van der Waals surface area contributed by atoms with Gasteiger partial charge in [0.05, 0.1) is 24.4 Å². The van der Waals surface area contributed by atoms with Crippen molar-refractivity contribution < 1.29 is 23.8 Å². The van der Waals surface area contributed by atoms with Crippen LogP contribution in [0.15, 0.2) is 58.0 Å². The third-order valence-corrected chi connectivity index (χ3v) is 6.48. The van der Waals surface area contributed by atoms with Gasteiger partial charge in [0.1, 0.15) is 47.0 Å². The first-order valence-electron chi connectivity index (χ1n) is 11.3. The number of nitriles is 1. The molecular weight excluding hydrogens is 509 g/mol. The van der Waals surface area contributed by atoms with E-state index in [0.717, 1.165) is 0 Å². The molecule has 38 heavy (non-hydrogen) atoms. The number of oxazole rings is 1. The summed E-state index contributed by atoms with van der Waals surface area (Å²) in [5.74, 6) is 1.15. The molecule has 0 amide bonds. The fourth-order valence-electron chi connectivity index (χ4n) is 3.58. The summed E-state index contributed by atoms with van der Waals surface area (Å²) in [4.78, 5) is 12.3. The third-order valence-electron chi connectivity index (χ3n) is 5.49. The van der Waals surface area contributed by atoms with E-state index in [1.807, 2.05) is 0 Å². The first kappa shape index (κ1) is 26.6. The first-order valence-corrected chi connectivity index (χ1v) is 12.3. The van der Waals surface area contributed by atoms with Crippen LogP contribution in [0.3, 0.4) is 0 Å². The molecule has 2 heterocycles. The number of ether oxygens (including phenoxy) is 1. The highest BCUT2D eigenvalue weighted by molar-refractivity contribution is 7.98. The highest BCUT2D eigenvalue weighted by Gasteiger charge is 2.22. The Bertz CT molecular complexity index is 1540. The third kappa shape index (κ3) is 5.76. The predicted molar refractivity (Wildman–Crippen MR) is 140 cm³/mol. The summed E-state index contributed by atoms with van der Waals surface area (Å²) in [5.41, 5.74) is 8.37. The molecule has 0 aliphatic heterocycles. The van der Waals surface area contributed by atoms with Gasteiger partial charge in [-0.2, -0.15) is 5.26 Å². The number of aliphatic hydroxyl groups excluding tert-OH is 2. The number of aliphatic hydroxyl groups is 2. The topological polar surface area (TPSA) is 143 Å². The number of hydrogen-bond donors (Lipinski definition) is 3. The van der Waals surface area contributed by atoms with Crippen LogP contribution in [0.25, 0.3) is 27.4 Å². The summed E-state index contributed by atoms with van der Waals surface area (Å²) in [6, 6.07) is 14.7. The Balaban J connectivity index is 1.63. The number of aryl methyl sites for hydroxylation is 1. The molecular formula is C27H22FN5O4S. The van der Waals surface area contributed by atoms with Crippen LogP contribution in [-0.2, 0) is 5.75 Å². The van der Waals surface area contributed by atoms with E-state index in [1.54, 1.807) is 43.3 Å². The maximum absolute atomic E-state index is 13.6. The second kappa shape index (κ2) is 11.8. The summed E-state index contributed by atoms with van der Waals surface area (Å²) < 4.78 is 24.8. The number of benzene rings is 2. The fourth-order valence-corrected chi connectivity index (χ4v) is 4.58. The van der Waals surface area contributed by atoms with Crippen molar-refractivity contribution in [3.05, 3.63) is 82.8 Å². The minimum atomic E-state index is -1.01. The van der Waals surface area contributed by atoms with Gasteiger partial charge in [0.25, 0.3) is 0 Å². The second-order valence-corrected chi connectivity index (χ2v) is 9.08. The van der Waals surface area contributed by atoms with E-state index in [-0.39, 0.29) is 29.6 Å². The zero-order valence-electron chi connectivity index (χ0n) is 20.2. The zero-order valence-corrected chi connectivity index (χ0v) is 21.0. The van der Waals surface area contributed by atoms with Gasteiger partial charge >= 0.3 is 0 Å². The SMILES string of the molecule is [C-]#[N+]c1c(N)nc(SCc2nc(-c3cccc(F)c3)oc2C)c(C#N)c1-c1ccc(OC[C@H](O)CO)cc1. The van der Waals surface area contributed by atoms with Gasteiger partial charge in [0.2, 0.25) is 11.6 Å². The Morgan fingerprint density at radius 3 is 2.66 bits per heavy atom. The van der Waals surface area contributed by atoms with Crippen LogP contribution >= 0.6 is 11.8 Å². The van der Waals surface area contributed by atoms with Crippen LogP contribution in [0.4, 0.5) is 15.9 Å². The highest BCUT2D eigenvalue weighted by Crippen LogP contribution is 2.42. The number of rotatable bonds is 9. The normalized spacial score (nSPS) is 11.5. The maximum atomic E-state index is 13.6. The van der Waals surface area contributed by atoms with Crippen LogP contribution in [0.2, 0.25) is 0 Å². The molecule has 9 nitrogen and oxygen atoms in total. The van der Waals surface area contributed by atoms with Crippen molar-refractivity contribution in [3.8, 4) is 34.4 Å². The number of aromatic nitrogens is 2. The van der Waals surface area contributed by atoms with Gasteiger partial charge < -0.3 is 25.1 Å². The van der Waals surface area contributed by atoms with Crippen molar-refractivity contribution in [2.45, 2.75) is 23.8 Å². The monoisotopic (exact) mass is 531 g/mol. The lowest BCUT2D eigenvalue weighted by molar-refractivity contribution is 0.0536. The van der Waals surface area contributed by atoms with Gasteiger partial charge in [-0.25, -0.2) is 19.2 Å². The largest absolute Gasteiger partial charge is 0.491 e. The Morgan fingerprint density at radius 1 is 1.24 bits per heavy atom. The van der Waals surface area contributed by atoms with E-state index in [1.165, 1.54) is 23.9 Å². The molecule has 4 N–H and O–H groups in total. The Kier molecular flexibility index (Phi) is 8.24. The van der Waals surface area contributed by atoms with E-state index in [4.69, 9.17) is 26.6 Å². The molecule has 0 saturated heterocycles. The van der Waals surface area contributed by atoms with Crippen LogP contribution in [0.5, 0.6) is 5.75 Å². The molecule has 2 aromatic heterocycles. The van der Waals surface area contributed by atoms with Crippen molar-refractivity contribution in [3.63, 3.8) is 0 Å². The number of nitrogens with zero attached hydrogens (tertiary/aromatic N) is 4. The maximum Gasteiger partial charge on any atom is 0.236 e. The van der Waals surface area contributed by atoms with Crippen LogP contribution in [-0.4, -0.2) is 39.5 Å². The fraction of sp³-hybridized carbons (Fsp3) is 0.185. The zero-order chi connectivity index (χ0) is 27.2. The summed E-state index contributed by atoms with van der Waals surface area (Å²) >= 11 is 1.22. The number of pyridine rings is 1. The standard InChI is InChI=1S/C27H22FN5O4S/c1-15-22(32-26(37-15)17-4-3-5-18(28)10-17)14-38-27-21(11-29)23(24(31-2)25(30)33-27)16-6-8-20(9-7-16)36-13-19(35)12-34/h3-10,19,34-35H,12-14H2,1H3,(H2,30,33)/t19-/m1/s1. The van der Waals surface area contributed by atoms with Crippen LogP contribution in [0, 0.1) is 30.6 Å². The number of anilines is 1. The number of halogens is 1. The lowest BCUT2D eigenvalue weighted by Gasteiger charge is -2.14. The van der Waals surface area contributed by atoms with E-state index in [2.05, 4.69) is 20.9 Å². The summed E-state index contributed by atoms with van der Waals surface area (Å²) in [6.45, 7) is 8.86. The smallest absolute Gasteiger partial charge is 0.236 e. The minimum Gasteiger partial charge on any atom is -0.491 e. The van der Waals surface area contributed by atoms with Crippen molar-refractivity contribution in [1.29, 1.82) is 5.26 Å². The molecule has 4 rings (SSSR count). The molecule has 4 aromatic rings. The molecule has 192 valence electrons. The molecule has 0 radical (unpaired) electrons. The quantitative estimate of drug-likeness (QED) is 0.203. The first-order chi connectivity index (χ1) is 18.3. The van der Waals surface area contributed by atoms with Crippen molar-refractivity contribution in [1.82, 2.24) is 9.97 Å². The van der Waals surface area contributed by atoms with Crippen LogP contribution < -0.4 is 10.5 Å². The Labute approximate surface area is 222 Å². The summed E-state index contributed by atoms with van der Waals surface area (Å²) in [5, 5.41) is 28.8. The summed E-state index contributed by atoms with van der Waals surface area (Å²) in [7, 11) is 0. The van der Waals surface area contributed by atoms with Gasteiger partial charge in [-0.15, -0.1) is 0 Å². The van der Waals surface area contributed by atoms with Gasteiger partial charge in [-0.1, -0.05) is 30.0 Å². The molecule has 2 aromatic carbocycles. The molecule has 0 bridgehead atoms. The molecule has 0 aliphatic rings. The lowest BCUT2D eigenvalue weighted by Crippen LogP contribution is -2.21. The molecule has 1 atom stereocenters. The molecule has 0 aliphatic carbocycles. The average molecular weight is 532 g/mol. The van der Waals surface area contributed by atoms with Crippen LogP contribution in [0.1, 0.15) is 17.0 Å². The van der Waals surface area contributed by atoms with Crippen molar-refractivity contribution >= 4 is 23.3 Å². The average Bonchev–Trinajstić information content (AvgIpc) is 3.30. The van der Waals surface area contributed by atoms with E-state index in [0.29, 0.717) is 44.7 Å². The lowest BCUT2D eigenvalue weighted by atomic mass is 10.00. The predicted octanol–water partition coefficient (Wildman–Crippen LogP) is 4.88. The molecule has 0 unspecified atom stereocenters. The van der Waals surface area contributed by atoms with Gasteiger partial charge in [-0.05, 0) is 42.8 Å². The number of nitrogens with two attached hydrogens (primary N) is 1. The molecule has 11 heteroatoms. The van der Waals surface area contributed by atoms with E-state index < -0.39 is 18.5 Å². The van der Waals surface area contributed by atoms with Crippen molar-refractivity contribution in [2.75, 3.05) is 18.9 Å². The van der Waals surface area contributed by atoms with Gasteiger partial charge in [0.15, 0.2) is 0 Å². The van der Waals surface area contributed by atoms with Gasteiger partial charge in [0, 0.05) is 16.9 Å². The number of hydrogen-bond acceptors (Lipinski definition) is 9. The Morgan fingerprint density at radius 2 is 2.00 bits per heavy atom. The van der Waals surface area contributed by atoms with E-state index >= 15 is 0 Å². The molecule has 0 fully saturated rings. The summed E-state index contributed by atoms with van der Waals surface area (Å²) in [6.07, 6.45) is -1.01. The van der Waals surface area contributed by atoms with Crippen molar-refractivity contribution in [2.24, 2.45) is 0 Å². The number of nitrogen functional groups attached to an aromatic ring is 1. The van der Waals surface area contributed by atoms with Gasteiger partial charge in [-0.3, -0.25) is 0 Å². The highest BCUT2D eigenvalue weighted by atomic mass is 32.2. The molecule has 0 saturated carbocycles. The number of thioether (sulfide) groups is 1.